The lowest BCUT2D eigenvalue weighted by Crippen LogP contribution is -1.99. The summed E-state index contributed by atoms with van der Waals surface area (Å²) < 4.78 is 4.98. The number of hydrogen-bond donors (Lipinski definition) is 1. The van der Waals surface area contributed by atoms with E-state index in [0.717, 1.165) is 11.1 Å². The maximum Gasteiger partial charge on any atom is 0.125 e. The molecule has 2 aromatic rings. The molecule has 0 aliphatic rings. The molecule has 2 rings (SSSR count). The molecule has 0 fully saturated rings. The number of hydrogen-bond acceptors (Lipinski definition) is 4. The molecule has 1 atom stereocenters. The highest BCUT2D eigenvalue weighted by molar-refractivity contribution is 7.07. The number of rotatable bonds is 2. The third kappa shape index (κ3) is 1.50. The van der Waals surface area contributed by atoms with Crippen LogP contribution in [0.25, 0.3) is 0 Å². The van der Waals surface area contributed by atoms with Crippen LogP contribution >= 0.6 is 11.3 Å². The van der Waals surface area contributed by atoms with Gasteiger partial charge in [-0.3, -0.25) is 0 Å². The summed E-state index contributed by atoms with van der Waals surface area (Å²) in [6.07, 6.45) is 2.51. The van der Waals surface area contributed by atoms with Crippen molar-refractivity contribution in [3.8, 4) is 0 Å². The summed E-state index contributed by atoms with van der Waals surface area (Å²) in [5.74, 6) is 0. The first-order valence-electron chi connectivity index (χ1n) is 3.88. The van der Waals surface area contributed by atoms with Crippen molar-refractivity contribution in [3.05, 3.63) is 40.2 Å². The molecule has 1 N–H and O–H groups in total. The second kappa shape index (κ2) is 3.32. The molecule has 0 saturated heterocycles. The van der Waals surface area contributed by atoms with Crippen molar-refractivity contribution < 1.29 is 9.52 Å². The maximum absolute atomic E-state index is 9.83. The van der Waals surface area contributed by atoms with Crippen LogP contribution in [0.5, 0.6) is 0 Å². The van der Waals surface area contributed by atoms with Gasteiger partial charge in [-0.1, -0.05) is 0 Å². The normalized spacial score (nSPS) is 13.1. The molecule has 0 bridgehead atoms. The Bertz CT molecular complexity index is 380. The van der Waals surface area contributed by atoms with Gasteiger partial charge in [0.05, 0.1) is 23.7 Å². The van der Waals surface area contributed by atoms with Gasteiger partial charge < -0.3 is 9.52 Å². The lowest BCUT2D eigenvalue weighted by molar-refractivity contribution is 0.214. The third-order valence-corrected chi connectivity index (χ3v) is 2.53. The molecule has 0 aliphatic carbocycles. The van der Waals surface area contributed by atoms with Crippen LogP contribution < -0.4 is 0 Å². The zero-order chi connectivity index (χ0) is 9.26. The SMILES string of the molecule is Cc1cocc1C(O)c1cscn1. The lowest BCUT2D eigenvalue weighted by atomic mass is 10.1. The summed E-state index contributed by atoms with van der Waals surface area (Å²) in [6.45, 7) is 1.90. The predicted molar refractivity (Wildman–Crippen MR) is 49.6 cm³/mol. The molecular formula is C9H9NO2S. The summed E-state index contributed by atoms with van der Waals surface area (Å²) in [6, 6.07) is 0. The van der Waals surface area contributed by atoms with Crippen molar-refractivity contribution in [2.75, 3.05) is 0 Å². The Balaban J connectivity index is 2.33. The van der Waals surface area contributed by atoms with Crippen LogP contribution in [0.15, 0.2) is 27.8 Å². The number of aliphatic hydroxyl groups excluding tert-OH is 1. The topological polar surface area (TPSA) is 46.3 Å². The molecule has 0 amide bonds. The Labute approximate surface area is 79.7 Å². The summed E-state index contributed by atoms with van der Waals surface area (Å²) in [5.41, 5.74) is 4.11. The summed E-state index contributed by atoms with van der Waals surface area (Å²) >= 11 is 1.47. The van der Waals surface area contributed by atoms with E-state index in [1.807, 2.05) is 12.3 Å². The Kier molecular flexibility index (Phi) is 2.16. The van der Waals surface area contributed by atoms with E-state index in [9.17, 15) is 5.11 Å². The molecule has 0 aromatic carbocycles. The number of aliphatic hydroxyl groups is 1. The second-order valence-electron chi connectivity index (χ2n) is 2.83. The van der Waals surface area contributed by atoms with Gasteiger partial charge in [0.15, 0.2) is 0 Å². The highest BCUT2D eigenvalue weighted by Crippen LogP contribution is 2.24. The van der Waals surface area contributed by atoms with Gasteiger partial charge in [0.2, 0.25) is 0 Å². The first-order chi connectivity index (χ1) is 6.29. The van der Waals surface area contributed by atoms with Crippen molar-refractivity contribution in [3.63, 3.8) is 0 Å². The van der Waals surface area contributed by atoms with E-state index >= 15 is 0 Å². The van der Waals surface area contributed by atoms with Gasteiger partial charge >= 0.3 is 0 Å². The fourth-order valence-corrected chi connectivity index (χ4v) is 1.74. The van der Waals surface area contributed by atoms with E-state index in [1.54, 1.807) is 18.0 Å². The van der Waals surface area contributed by atoms with Gasteiger partial charge in [-0.05, 0) is 12.5 Å². The van der Waals surface area contributed by atoms with Crippen molar-refractivity contribution >= 4 is 11.3 Å². The van der Waals surface area contributed by atoms with Gasteiger partial charge in [-0.2, -0.15) is 0 Å². The molecule has 13 heavy (non-hydrogen) atoms. The number of thiazole rings is 1. The van der Waals surface area contributed by atoms with Crippen molar-refractivity contribution in [2.45, 2.75) is 13.0 Å². The molecule has 0 spiro atoms. The Morgan fingerprint density at radius 2 is 2.38 bits per heavy atom. The molecule has 68 valence electrons. The smallest absolute Gasteiger partial charge is 0.125 e. The summed E-state index contributed by atoms with van der Waals surface area (Å²) in [4.78, 5) is 4.04. The maximum atomic E-state index is 9.83. The Morgan fingerprint density at radius 1 is 1.54 bits per heavy atom. The highest BCUT2D eigenvalue weighted by Gasteiger charge is 2.15. The minimum atomic E-state index is -0.662. The number of furan rings is 1. The van der Waals surface area contributed by atoms with E-state index in [1.165, 1.54) is 11.3 Å². The van der Waals surface area contributed by atoms with Crippen LogP contribution in [0.2, 0.25) is 0 Å². The fraction of sp³-hybridized carbons (Fsp3) is 0.222. The van der Waals surface area contributed by atoms with Gasteiger partial charge in [-0.25, -0.2) is 4.98 Å². The lowest BCUT2D eigenvalue weighted by Gasteiger charge is -2.05. The average Bonchev–Trinajstić information content (AvgIpc) is 2.72. The fourth-order valence-electron chi connectivity index (χ4n) is 1.17. The number of aryl methyl sites for hydroxylation is 1. The standard InChI is InChI=1S/C9H9NO2S/c1-6-2-12-3-7(6)9(11)8-4-13-5-10-8/h2-5,9,11H,1H3. The zero-order valence-electron chi connectivity index (χ0n) is 7.10. The van der Waals surface area contributed by atoms with Gasteiger partial charge in [-0.15, -0.1) is 11.3 Å². The highest BCUT2D eigenvalue weighted by atomic mass is 32.1. The largest absolute Gasteiger partial charge is 0.472 e. The molecule has 1 unspecified atom stereocenters. The second-order valence-corrected chi connectivity index (χ2v) is 3.54. The predicted octanol–water partition coefficient (Wildman–Crippen LogP) is 2.13. The molecule has 4 heteroatoms. The Hall–Kier alpha value is -1.13. The molecular weight excluding hydrogens is 186 g/mol. The van der Waals surface area contributed by atoms with E-state index in [2.05, 4.69) is 4.98 Å². The minimum Gasteiger partial charge on any atom is -0.472 e. The van der Waals surface area contributed by atoms with Crippen LogP contribution in [0.1, 0.15) is 22.9 Å². The average molecular weight is 195 g/mol. The number of nitrogens with zero attached hydrogens (tertiary/aromatic N) is 1. The molecule has 2 aromatic heterocycles. The van der Waals surface area contributed by atoms with Gasteiger partial charge in [0.25, 0.3) is 0 Å². The first-order valence-corrected chi connectivity index (χ1v) is 4.82. The van der Waals surface area contributed by atoms with Gasteiger partial charge in [0, 0.05) is 10.9 Å². The molecule has 0 aliphatic heterocycles. The number of aromatic nitrogens is 1. The van der Waals surface area contributed by atoms with E-state index < -0.39 is 6.10 Å². The quantitative estimate of drug-likeness (QED) is 0.798. The van der Waals surface area contributed by atoms with Crippen molar-refractivity contribution in [1.82, 2.24) is 4.98 Å². The first kappa shape index (κ1) is 8.47. The van der Waals surface area contributed by atoms with Crippen molar-refractivity contribution in [2.24, 2.45) is 0 Å². The monoisotopic (exact) mass is 195 g/mol. The van der Waals surface area contributed by atoms with Crippen LogP contribution in [0.3, 0.4) is 0 Å². The van der Waals surface area contributed by atoms with Crippen LogP contribution in [0, 0.1) is 6.92 Å². The van der Waals surface area contributed by atoms with Crippen LogP contribution in [-0.2, 0) is 0 Å². The van der Waals surface area contributed by atoms with E-state index in [0.29, 0.717) is 5.69 Å². The Morgan fingerprint density at radius 3 is 2.92 bits per heavy atom. The molecule has 2 heterocycles. The van der Waals surface area contributed by atoms with Gasteiger partial charge in [0.1, 0.15) is 6.10 Å². The van der Waals surface area contributed by atoms with Crippen LogP contribution in [0.4, 0.5) is 0 Å². The summed E-state index contributed by atoms with van der Waals surface area (Å²) in [5, 5.41) is 11.7. The molecule has 0 saturated carbocycles. The summed E-state index contributed by atoms with van der Waals surface area (Å²) in [7, 11) is 0. The minimum absolute atomic E-state index is 0.662. The van der Waals surface area contributed by atoms with E-state index in [4.69, 9.17) is 4.42 Å². The van der Waals surface area contributed by atoms with Crippen molar-refractivity contribution in [1.29, 1.82) is 0 Å². The van der Waals surface area contributed by atoms with E-state index in [-0.39, 0.29) is 0 Å². The zero-order valence-corrected chi connectivity index (χ0v) is 7.91. The molecule has 0 radical (unpaired) electrons. The molecule has 3 nitrogen and oxygen atoms in total. The van der Waals surface area contributed by atoms with Crippen LogP contribution in [-0.4, -0.2) is 10.1 Å². The third-order valence-electron chi connectivity index (χ3n) is 1.92.